The van der Waals surface area contributed by atoms with E-state index >= 15 is 24.0 Å². The highest BCUT2D eigenvalue weighted by Crippen LogP contribution is 2.50. The Hall–Kier alpha value is -12.0. The van der Waals surface area contributed by atoms with Gasteiger partial charge in [-0.15, -0.1) is 6.42 Å². The number of aliphatic hydroxyl groups is 6. The van der Waals surface area contributed by atoms with Crippen molar-refractivity contribution < 1.29 is 118 Å². The number of terminal acetylenes is 1. The molecular formula is C84H89Cl2N11O24. The molecule has 2 saturated heterocycles. The Kier molecular flexibility index (Phi) is 27.2. The van der Waals surface area contributed by atoms with Crippen LogP contribution in [0.2, 0.25) is 10.0 Å². The molecule has 7 aliphatic rings. The highest BCUT2D eigenvalue weighted by molar-refractivity contribution is 6.32. The number of amides is 9. The SMILES string of the molecule is C#Cc1ccc(/C=C/c2ccc(NC(=O)CNC(=O)C3NC(=O)[C@H]4NC(=O)[C@H](NC(=O)C5NC(=O)[C@H](CC(N)=O)NC(=O)[C@H](NC(=O)[C@@H](CC(C)C)NC)[C@H](O)c6ccc(c(Cl)c6)Oc6cc5cc(c6O[C@@H]5O[C@H](CO)[C@@H](O)[C@H](O)[C@H]5OC5C[C@](C)(N)[C@H](O)[C@H](C)O5)Oc5ccc(cc5Cl)[C@H]4O)c4ccc(O)c(c4)-c4c(O)cc(O)cc43)cc2)cc1. The number of hydrogen-bond donors (Lipinski definition) is 20. The van der Waals surface area contributed by atoms with Gasteiger partial charge in [0, 0.05) is 40.4 Å². The number of anilines is 1. The van der Waals surface area contributed by atoms with Gasteiger partial charge in [0.1, 0.15) is 95.5 Å². The molecule has 7 heterocycles. The maximum atomic E-state index is 16.3. The Morgan fingerprint density at radius 2 is 1.30 bits per heavy atom. The summed E-state index contributed by atoms with van der Waals surface area (Å²) < 4.78 is 38.7. The first-order valence-corrected chi connectivity index (χ1v) is 38.9. The number of halogens is 2. The summed E-state index contributed by atoms with van der Waals surface area (Å²) in [7, 11) is 1.47. The van der Waals surface area contributed by atoms with E-state index in [9.17, 15) is 65.1 Å². The number of phenols is 3. The maximum absolute atomic E-state index is 16.3. The van der Waals surface area contributed by atoms with E-state index in [1.807, 2.05) is 38.1 Å². The quantitative estimate of drug-likeness (QED) is 0.0434. The maximum Gasteiger partial charge on any atom is 0.248 e. The molecule has 638 valence electrons. The standard InChI is InChI=1S/C84H89Cl2N11O24/c1-7-38-8-10-39(11-9-38)12-13-40-14-19-45(20-15-40)91-61(103)34-90-78(111)66-48-30-46(99)31-54(101)63(48)47-25-41(16-21-53(47)100)64-79(112)97-68(82(115)95-66)70(105)43-18-23-56(50(86)27-43)118-58-29-44-28-57(73(58)121-83-74(72(107)71(106)59(35-98)119-83)120-62-33-84(5,88)75(108)37(4)116-62)117-55-22-17-42(26-49(55)85)69(104)67(96-76(109)51(89-6)24-36(2)3)81(114)92-52(32-60(87)102)77(110)93-65(44)80(113)94-64/h1,8-23,25-31,36-37,51-52,59,62,64-72,74-75,83,89,98-101,104-108H,24,32-35,88H2,2-6H3,(H2,87,102)(H,90,111)(H,91,103)(H,92,114)(H,93,110)(H,94,113)(H,95,115)(H,96,109)(H,97,112)/b13-12+/t37-,51+,52-,59+,62?,64+,65?,66?,67+,68-,69+,70+,71+,72-,74+,75+,83-,84-/m0/s1. The number of ether oxygens (including phenoxy) is 6. The molecule has 0 aromatic heterocycles. The van der Waals surface area contributed by atoms with Gasteiger partial charge in [-0.2, -0.15) is 0 Å². The number of primary amides is 1. The molecule has 22 N–H and O–H groups in total. The van der Waals surface area contributed by atoms with Gasteiger partial charge < -0.3 is 134 Å². The van der Waals surface area contributed by atoms with E-state index in [2.05, 4.69) is 53.8 Å². The van der Waals surface area contributed by atoms with Crippen LogP contribution in [0.5, 0.6) is 46.0 Å². The van der Waals surface area contributed by atoms with Crippen LogP contribution >= 0.6 is 23.2 Å². The molecule has 0 saturated carbocycles. The van der Waals surface area contributed by atoms with Crippen LogP contribution in [0.4, 0.5) is 5.69 Å². The van der Waals surface area contributed by atoms with Gasteiger partial charge in [-0.05, 0) is 151 Å². The zero-order valence-corrected chi connectivity index (χ0v) is 66.9. The molecule has 37 heteroatoms. The molecule has 9 amide bonds. The Morgan fingerprint density at radius 3 is 1.89 bits per heavy atom. The largest absolute Gasteiger partial charge is 0.508 e. The fraction of sp³-hybridized carbons (Fsp3) is 0.345. The zero-order valence-electron chi connectivity index (χ0n) is 65.3. The van der Waals surface area contributed by atoms with Gasteiger partial charge >= 0.3 is 0 Å². The van der Waals surface area contributed by atoms with Crippen molar-refractivity contribution >= 4 is 94.2 Å². The number of aliphatic hydroxyl groups excluding tert-OH is 6. The average molecular weight is 1710 g/mol. The van der Waals surface area contributed by atoms with Gasteiger partial charge in [-0.25, -0.2) is 0 Å². The molecule has 0 spiro atoms. The van der Waals surface area contributed by atoms with E-state index in [0.29, 0.717) is 5.56 Å². The summed E-state index contributed by atoms with van der Waals surface area (Å²) in [6.45, 7) is 4.83. The van der Waals surface area contributed by atoms with Crippen molar-refractivity contribution in [1.29, 1.82) is 0 Å². The van der Waals surface area contributed by atoms with Gasteiger partial charge in [0.05, 0.1) is 47.9 Å². The average Bonchev–Trinajstić information content (AvgIpc) is 0.761. The number of carbonyl (C=O) groups is 9. The zero-order chi connectivity index (χ0) is 87.3. The number of likely N-dealkylation sites (N-methyl/N-ethyl adjacent to an activating group) is 1. The van der Waals surface area contributed by atoms with E-state index in [4.69, 9.17) is 69.5 Å². The van der Waals surface area contributed by atoms with E-state index in [1.54, 1.807) is 36.4 Å². The number of fused-ring (bicyclic) bond motifs is 15. The summed E-state index contributed by atoms with van der Waals surface area (Å²) in [5.74, 6) is -13.8. The molecule has 2 fully saturated rings. The third-order valence-corrected chi connectivity index (χ3v) is 21.5. The van der Waals surface area contributed by atoms with Gasteiger partial charge in [0.2, 0.25) is 65.2 Å². The van der Waals surface area contributed by atoms with Crippen molar-refractivity contribution in [2.24, 2.45) is 17.4 Å². The molecular weight excluding hydrogens is 1620 g/mol. The van der Waals surface area contributed by atoms with Crippen LogP contribution in [-0.4, -0.2) is 198 Å². The lowest BCUT2D eigenvalue weighted by Crippen LogP contribution is -2.64. The number of hydrogen-bond acceptors (Lipinski definition) is 26. The van der Waals surface area contributed by atoms with Crippen LogP contribution < -0.4 is 73.5 Å². The predicted molar refractivity (Wildman–Crippen MR) is 433 cm³/mol. The topological polar surface area (TPSA) is 551 Å². The lowest BCUT2D eigenvalue weighted by atomic mass is 9.86. The molecule has 11 bridgehead atoms. The number of aromatic hydroxyl groups is 3. The third-order valence-electron chi connectivity index (χ3n) is 21.0. The van der Waals surface area contributed by atoms with Crippen molar-refractivity contribution in [2.45, 2.75) is 156 Å². The summed E-state index contributed by atoms with van der Waals surface area (Å²) in [5.41, 5.74) is 10.7. The fourth-order valence-electron chi connectivity index (χ4n) is 14.5. The molecule has 18 atom stereocenters. The normalized spacial score (nSPS) is 26.4. The fourth-order valence-corrected chi connectivity index (χ4v) is 15.0. The van der Waals surface area contributed by atoms with Crippen LogP contribution in [-0.2, 0) is 57.4 Å². The van der Waals surface area contributed by atoms with Gasteiger partial charge in [0.25, 0.3) is 0 Å². The van der Waals surface area contributed by atoms with Gasteiger partial charge in [-0.3, -0.25) is 43.2 Å². The lowest BCUT2D eigenvalue weighted by molar-refractivity contribution is -0.333. The van der Waals surface area contributed by atoms with E-state index in [1.165, 1.54) is 33.0 Å². The predicted octanol–water partition coefficient (Wildman–Crippen LogP) is 2.93. The smallest absolute Gasteiger partial charge is 0.248 e. The summed E-state index contributed by atoms with van der Waals surface area (Å²) in [5, 5.41) is 128. The number of rotatable bonds is 18. The van der Waals surface area contributed by atoms with Gasteiger partial charge in [-0.1, -0.05) is 97.6 Å². The van der Waals surface area contributed by atoms with Crippen LogP contribution in [0.25, 0.3) is 23.3 Å². The van der Waals surface area contributed by atoms with Crippen LogP contribution in [0.15, 0.2) is 127 Å². The Bertz CT molecular complexity index is 5230. The molecule has 121 heavy (non-hydrogen) atoms. The van der Waals surface area contributed by atoms with E-state index in [0.717, 1.165) is 77.9 Å². The number of benzene rings is 7. The number of nitrogens with one attached hydrogen (secondary N) is 9. The molecule has 0 radical (unpaired) electrons. The monoisotopic (exact) mass is 1710 g/mol. The Labute approximate surface area is 701 Å². The first-order chi connectivity index (χ1) is 57.5. The highest BCUT2D eigenvalue weighted by Gasteiger charge is 2.52. The van der Waals surface area contributed by atoms with Crippen LogP contribution in [0.3, 0.4) is 0 Å². The summed E-state index contributed by atoms with van der Waals surface area (Å²) in [6, 6.07) is 13.3. The Balaban J connectivity index is 1.01. The first kappa shape index (κ1) is 88.3. The summed E-state index contributed by atoms with van der Waals surface area (Å²) in [6.07, 6.45) is -9.66. The van der Waals surface area contributed by atoms with Crippen molar-refractivity contribution in [3.8, 4) is 69.5 Å². The summed E-state index contributed by atoms with van der Waals surface area (Å²) in [4.78, 5) is 134. The number of phenolic OH excluding ortho intramolecular Hbond substituents is 3. The number of nitrogens with two attached hydrogens (primary N) is 2. The minimum absolute atomic E-state index is 0.113. The molecule has 7 aliphatic heterocycles. The second-order valence-electron chi connectivity index (χ2n) is 30.4. The second kappa shape index (κ2) is 37.3. The van der Waals surface area contributed by atoms with Crippen molar-refractivity contribution in [3.63, 3.8) is 0 Å². The molecule has 7 aromatic rings. The highest BCUT2D eigenvalue weighted by atomic mass is 35.5. The second-order valence-corrected chi connectivity index (χ2v) is 31.2. The summed E-state index contributed by atoms with van der Waals surface area (Å²) >= 11 is 14.3. The minimum Gasteiger partial charge on any atom is -0.508 e. The minimum atomic E-state index is -2.38. The van der Waals surface area contributed by atoms with Gasteiger partial charge in [0.15, 0.2) is 23.9 Å². The molecule has 14 rings (SSSR count). The first-order valence-electron chi connectivity index (χ1n) is 38.2. The van der Waals surface area contributed by atoms with Crippen molar-refractivity contribution in [3.05, 3.63) is 182 Å². The van der Waals surface area contributed by atoms with Crippen LogP contribution in [0, 0.1) is 18.3 Å². The third kappa shape index (κ3) is 20.1. The van der Waals surface area contributed by atoms with Crippen molar-refractivity contribution in [2.75, 3.05) is 25.5 Å². The molecule has 35 nitrogen and oxygen atoms in total. The van der Waals surface area contributed by atoms with E-state index < -0.39 is 250 Å². The van der Waals surface area contributed by atoms with Crippen LogP contribution in [0.1, 0.15) is 122 Å². The number of carbonyl (C=O) groups excluding carboxylic acids is 9. The Morgan fingerprint density at radius 1 is 0.694 bits per heavy atom. The molecule has 0 aliphatic carbocycles. The molecule has 7 aromatic carbocycles. The lowest BCUT2D eigenvalue weighted by Gasteiger charge is -2.47. The van der Waals surface area contributed by atoms with Crippen molar-refractivity contribution in [1.82, 2.24) is 42.5 Å². The van der Waals surface area contributed by atoms with E-state index in [-0.39, 0.29) is 51.9 Å². The molecule has 3 unspecified atom stereocenters.